The van der Waals surface area contributed by atoms with Crippen molar-refractivity contribution in [3.05, 3.63) is 102 Å². The van der Waals surface area contributed by atoms with Gasteiger partial charge < -0.3 is 24.1 Å². The summed E-state index contributed by atoms with van der Waals surface area (Å²) < 4.78 is 31.5. The summed E-state index contributed by atoms with van der Waals surface area (Å²) in [5.41, 5.74) is 2.85. The topological polar surface area (TPSA) is 157 Å². The van der Waals surface area contributed by atoms with Crippen LogP contribution in [0, 0.1) is 5.82 Å². The Balaban J connectivity index is 1.08. The lowest BCUT2D eigenvalue weighted by molar-refractivity contribution is -0.139. The van der Waals surface area contributed by atoms with Crippen LogP contribution in [0.3, 0.4) is 0 Å². The standard InChI is InChI=1S/C36H33FN4O7/c1-36(2,3)47-35(45)38-25-13-11-24(12-14-25)33-40-31(41-48-33)26-15-4-20(18-27(26)37)19-28(34(43)44)39-32(42)30-17-16-29(46-30)23-9-7-22(8-10-23)21-5-6-21/h4,7-18,21,28H,5-6,19H2,1-3H3,(H,38,45)(H,39,42)(H,43,44). The highest BCUT2D eigenvalue weighted by Gasteiger charge is 2.25. The number of hydrogen-bond acceptors (Lipinski definition) is 8. The molecular weight excluding hydrogens is 619 g/mol. The van der Waals surface area contributed by atoms with Gasteiger partial charge in [-0.05, 0) is 99.2 Å². The first-order valence-corrected chi connectivity index (χ1v) is 15.4. The molecule has 3 aromatic carbocycles. The second-order valence-electron chi connectivity index (χ2n) is 12.6. The predicted molar refractivity (Wildman–Crippen MR) is 174 cm³/mol. The molecule has 0 spiro atoms. The Morgan fingerprint density at radius 1 is 0.979 bits per heavy atom. The lowest BCUT2D eigenvalue weighted by atomic mass is 10.0. The van der Waals surface area contributed by atoms with E-state index in [-0.39, 0.29) is 29.5 Å². The number of aliphatic carboxylic acids is 1. The van der Waals surface area contributed by atoms with Crippen LogP contribution in [0.15, 0.2) is 87.8 Å². The van der Waals surface area contributed by atoms with E-state index in [0.29, 0.717) is 28.5 Å². The molecule has 48 heavy (non-hydrogen) atoms. The number of nitrogens with zero attached hydrogens (tertiary/aromatic N) is 2. The smallest absolute Gasteiger partial charge is 0.412 e. The lowest BCUT2D eigenvalue weighted by Crippen LogP contribution is -2.42. The fourth-order valence-electron chi connectivity index (χ4n) is 5.05. The third-order valence-electron chi connectivity index (χ3n) is 7.59. The molecule has 0 bridgehead atoms. The molecule has 1 aliphatic rings. The molecule has 0 radical (unpaired) electrons. The number of aromatic nitrogens is 2. The van der Waals surface area contributed by atoms with Gasteiger partial charge >= 0.3 is 12.1 Å². The van der Waals surface area contributed by atoms with Gasteiger partial charge in [0.2, 0.25) is 5.82 Å². The number of halogens is 1. The number of hydrogen-bond donors (Lipinski definition) is 3. The summed E-state index contributed by atoms with van der Waals surface area (Å²) in [4.78, 5) is 41.2. The van der Waals surface area contributed by atoms with Crippen molar-refractivity contribution in [3.63, 3.8) is 0 Å². The molecule has 0 aliphatic heterocycles. The van der Waals surface area contributed by atoms with Gasteiger partial charge in [-0.2, -0.15) is 4.98 Å². The molecule has 1 aliphatic carbocycles. The van der Waals surface area contributed by atoms with Crippen molar-refractivity contribution in [2.45, 2.75) is 57.6 Å². The van der Waals surface area contributed by atoms with E-state index in [9.17, 15) is 19.5 Å². The van der Waals surface area contributed by atoms with E-state index >= 15 is 4.39 Å². The Morgan fingerprint density at radius 3 is 2.33 bits per heavy atom. The highest BCUT2D eigenvalue weighted by atomic mass is 19.1. The molecule has 2 aromatic heterocycles. The maximum Gasteiger partial charge on any atom is 0.412 e. The molecule has 1 atom stereocenters. The van der Waals surface area contributed by atoms with Gasteiger partial charge in [-0.15, -0.1) is 0 Å². The molecule has 12 heteroatoms. The summed E-state index contributed by atoms with van der Waals surface area (Å²) >= 11 is 0. The molecular formula is C36H33FN4O7. The third-order valence-corrected chi connectivity index (χ3v) is 7.59. The van der Waals surface area contributed by atoms with Crippen LogP contribution in [-0.4, -0.2) is 44.9 Å². The summed E-state index contributed by atoms with van der Waals surface area (Å²) in [7, 11) is 0. The van der Waals surface area contributed by atoms with Gasteiger partial charge in [-0.3, -0.25) is 10.1 Å². The summed E-state index contributed by atoms with van der Waals surface area (Å²) in [6.07, 6.45) is 1.61. The zero-order valence-corrected chi connectivity index (χ0v) is 26.5. The van der Waals surface area contributed by atoms with Crippen LogP contribution in [0.1, 0.15) is 61.2 Å². The first kappa shape index (κ1) is 32.2. The highest BCUT2D eigenvalue weighted by Crippen LogP contribution is 2.40. The van der Waals surface area contributed by atoms with Gasteiger partial charge in [-0.25, -0.2) is 14.0 Å². The van der Waals surface area contributed by atoms with Crippen molar-refractivity contribution in [2.24, 2.45) is 0 Å². The Labute approximate surface area is 275 Å². The van der Waals surface area contributed by atoms with E-state index in [1.807, 2.05) is 24.3 Å². The van der Waals surface area contributed by atoms with Gasteiger partial charge in [-0.1, -0.05) is 35.5 Å². The van der Waals surface area contributed by atoms with Gasteiger partial charge in [0.15, 0.2) is 5.76 Å². The van der Waals surface area contributed by atoms with Gasteiger partial charge in [0.25, 0.3) is 11.8 Å². The largest absolute Gasteiger partial charge is 0.480 e. The zero-order chi connectivity index (χ0) is 34.0. The molecule has 5 aromatic rings. The quantitative estimate of drug-likeness (QED) is 0.139. The first-order valence-electron chi connectivity index (χ1n) is 15.4. The fraction of sp³-hybridized carbons (Fsp3) is 0.250. The number of anilines is 1. The summed E-state index contributed by atoms with van der Waals surface area (Å²) in [6, 6.07) is 20.5. The van der Waals surface area contributed by atoms with E-state index in [1.165, 1.54) is 42.7 Å². The van der Waals surface area contributed by atoms with E-state index in [2.05, 4.69) is 20.8 Å². The van der Waals surface area contributed by atoms with Crippen LogP contribution in [-0.2, 0) is 16.0 Å². The molecule has 11 nitrogen and oxygen atoms in total. The second-order valence-corrected chi connectivity index (χ2v) is 12.6. The second kappa shape index (κ2) is 13.1. The van der Waals surface area contributed by atoms with E-state index in [0.717, 1.165) is 5.56 Å². The summed E-state index contributed by atoms with van der Waals surface area (Å²) in [6.45, 7) is 5.29. The molecule has 6 rings (SSSR count). The predicted octanol–water partition coefficient (Wildman–Crippen LogP) is 7.45. The molecule has 1 fully saturated rings. The fourth-order valence-corrected chi connectivity index (χ4v) is 5.05. The number of carbonyl (C=O) groups excluding carboxylic acids is 2. The van der Waals surface area contributed by atoms with Gasteiger partial charge in [0.1, 0.15) is 23.2 Å². The highest BCUT2D eigenvalue weighted by molar-refractivity contribution is 5.95. The van der Waals surface area contributed by atoms with Crippen LogP contribution in [0.4, 0.5) is 14.9 Å². The number of carboxylic acid groups (broad SMARTS) is 1. The molecule has 2 amide bonds. The maximum atomic E-state index is 15.2. The van der Waals surface area contributed by atoms with Crippen molar-refractivity contribution >= 4 is 23.7 Å². The van der Waals surface area contributed by atoms with Crippen LogP contribution >= 0.6 is 0 Å². The zero-order valence-electron chi connectivity index (χ0n) is 26.5. The Hall–Kier alpha value is -5.78. The van der Waals surface area contributed by atoms with Crippen molar-refractivity contribution < 1.29 is 37.6 Å². The molecule has 1 unspecified atom stereocenters. The molecule has 2 heterocycles. The Bertz CT molecular complexity index is 1960. The Kier molecular flexibility index (Phi) is 8.81. The average molecular weight is 653 g/mol. The minimum absolute atomic E-state index is 0.0103. The van der Waals surface area contributed by atoms with Crippen molar-refractivity contribution in [2.75, 3.05) is 5.32 Å². The number of furan rings is 1. The van der Waals surface area contributed by atoms with Crippen molar-refractivity contribution in [1.82, 2.24) is 15.5 Å². The van der Waals surface area contributed by atoms with Crippen molar-refractivity contribution in [3.8, 4) is 34.2 Å². The maximum absolute atomic E-state index is 15.2. The number of ether oxygens (including phenoxy) is 1. The minimum Gasteiger partial charge on any atom is -0.480 e. The number of rotatable bonds is 10. The molecule has 246 valence electrons. The van der Waals surface area contributed by atoms with Crippen LogP contribution in [0.25, 0.3) is 34.2 Å². The number of nitrogens with one attached hydrogen (secondary N) is 2. The minimum atomic E-state index is -1.35. The van der Waals surface area contributed by atoms with Gasteiger partial charge in [0.05, 0.1) is 5.56 Å². The van der Waals surface area contributed by atoms with Crippen molar-refractivity contribution in [1.29, 1.82) is 0 Å². The molecule has 0 saturated heterocycles. The van der Waals surface area contributed by atoms with E-state index in [4.69, 9.17) is 13.7 Å². The van der Waals surface area contributed by atoms with E-state index in [1.54, 1.807) is 51.1 Å². The lowest BCUT2D eigenvalue weighted by Gasteiger charge is -2.19. The molecule has 1 saturated carbocycles. The number of benzene rings is 3. The summed E-state index contributed by atoms with van der Waals surface area (Å²) in [5.74, 6) is -1.50. The first-order chi connectivity index (χ1) is 22.9. The average Bonchev–Trinajstić information content (AvgIpc) is 3.55. The van der Waals surface area contributed by atoms with Crippen LogP contribution < -0.4 is 10.6 Å². The third kappa shape index (κ3) is 7.77. The number of carbonyl (C=O) groups is 3. The summed E-state index contributed by atoms with van der Waals surface area (Å²) in [5, 5.41) is 18.8. The SMILES string of the molecule is CC(C)(C)OC(=O)Nc1ccc(-c2nc(-c3ccc(CC(NC(=O)c4ccc(-c5ccc(C6CC6)cc5)o4)C(=O)O)cc3F)no2)cc1. The number of amides is 2. The van der Waals surface area contributed by atoms with Crippen LogP contribution in [0.2, 0.25) is 0 Å². The van der Waals surface area contributed by atoms with Crippen LogP contribution in [0.5, 0.6) is 0 Å². The Morgan fingerprint density at radius 2 is 1.69 bits per heavy atom. The van der Waals surface area contributed by atoms with Gasteiger partial charge in [0, 0.05) is 23.2 Å². The monoisotopic (exact) mass is 652 g/mol. The van der Waals surface area contributed by atoms with E-state index < -0.39 is 35.4 Å². The molecule has 3 N–H and O–H groups in total. The number of carboxylic acids is 1. The normalized spacial score (nSPS) is 13.5.